The molecule has 2 amide bonds. The van der Waals surface area contributed by atoms with Crippen LogP contribution in [0.5, 0.6) is 0 Å². The maximum absolute atomic E-state index is 11.5. The van der Waals surface area contributed by atoms with E-state index in [9.17, 15) is 19.2 Å². The highest BCUT2D eigenvalue weighted by Gasteiger charge is 2.12. The van der Waals surface area contributed by atoms with Gasteiger partial charge in [0.05, 0.1) is 27.1 Å². The Hall–Kier alpha value is -2.12. The van der Waals surface area contributed by atoms with Crippen LogP contribution in [0.3, 0.4) is 0 Å². The quantitative estimate of drug-likeness (QED) is 0.556. The van der Waals surface area contributed by atoms with Crippen molar-refractivity contribution in [2.24, 2.45) is 0 Å². The molecule has 120 valence electrons. The maximum Gasteiger partial charge on any atom is 0.306 e. The van der Waals surface area contributed by atoms with Crippen molar-refractivity contribution in [2.75, 3.05) is 20.8 Å². The molecule has 0 spiro atoms. The van der Waals surface area contributed by atoms with Crippen molar-refractivity contribution in [3.63, 3.8) is 0 Å². The minimum absolute atomic E-state index is 0.0144. The molecule has 0 aromatic heterocycles. The van der Waals surface area contributed by atoms with Crippen LogP contribution in [-0.4, -0.2) is 50.6 Å². The summed E-state index contributed by atoms with van der Waals surface area (Å²) in [6.07, 6.45) is 0.103. The van der Waals surface area contributed by atoms with Crippen LogP contribution in [0.1, 0.15) is 32.6 Å². The summed E-state index contributed by atoms with van der Waals surface area (Å²) in [7, 11) is 2.51. The summed E-state index contributed by atoms with van der Waals surface area (Å²) < 4.78 is 8.85. The Labute approximate surface area is 123 Å². The van der Waals surface area contributed by atoms with E-state index in [1.54, 1.807) is 6.92 Å². The molecular weight excluding hydrogens is 280 g/mol. The average molecular weight is 302 g/mol. The fourth-order valence-corrected chi connectivity index (χ4v) is 1.39. The van der Waals surface area contributed by atoms with Gasteiger partial charge in [0.2, 0.25) is 11.8 Å². The molecule has 0 aliphatic heterocycles. The van der Waals surface area contributed by atoms with E-state index in [0.717, 1.165) is 0 Å². The molecule has 0 saturated carbocycles. The molecule has 0 aliphatic carbocycles. The number of amides is 2. The number of esters is 2. The van der Waals surface area contributed by atoms with Gasteiger partial charge in [0, 0.05) is 25.4 Å². The normalized spacial score (nSPS) is 11.2. The zero-order valence-corrected chi connectivity index (χ0v) is 12.6. The van der Waals surface area contributed by atoms with Crippen molar-refractivity contribution in [1.82, 2.24) is 10.6 Å². The molecular formula is C13H22N2O6. The number of methoxy groups -OCH3 is 2. The van der Waals surface area contributed by atoms with Crippen molar-refractivity contribution in [2.45, 2.75) is 38.6 Å². The number of hydrogen-bond donors (Lipinski definition) is 2. The summed E-state index contributed by atoms with van der Waals surface area (Å²) in [4.78, 5) is 44.6. The van der Waals surface area contributed by atoms with Crippen LogP contribution in [-0.2, 0) is 28.7 Å². The van der Waals surface area contributed by atoms with Gasteiger partial charge in [-0.1, -0.05) is 0 Å². The van der Waals surface area contributed by atoms with Gasteiger partial charge in [0.15, 0.2) is 0 Å². The summed E-state index contributed by atoms with van der Waals surface area (Å²) in [6.45, 7) is 1.96. The van der Waals surface area contributed by atoms with Gasteiger partial charge >= 0.3 is 11.9 Å². The van der Waals surface area contributed by atoms with E-state index >= 15 is 0 Å². The molecule has 1 atom stereocenters. The van der Waals surface area contributed by atoms with Gasteiger partial charge in [-0.05, 0) is 6.92 Å². The molecule has 0 heterocycles. The Kier molecular flexibility index (Phi) is 9.57. The van der Waals surface area contributed by atoms with Gasteiger partial charge < -0.3 is 20.1 Å². The summed E-state index contributed by atoms with van der Waals surface area (Å²) in [6, 6.07) is -0.280. The number of nitrogens with one attached hydrogen (secondary N) is 2. The Morgan fingerprint density at radius 2 is 1.33 bits per heavy atom. The van der Waals surface area contributed by atoms with Crippen LogP contribution >= 0.6 is 0 Å². The number of carbonyl (C=O) groups excluding carboxylic acids is 4. The van der Waals surface area contributed by atoms with Gasteiger partial charge in [0.1, 0.15) is 0 Å². The second-order valence-corrected chi connectivity index (χ2v) is 4.42. The molecule has 21 heavy (non-hydrogen) atoms. The molecule has 0 radical (unpaired) electrons. The Balaban J connectivity index is 3.80. The van der Waals surface area contributed by atoms with Gasteiger partial charge in [-0.25, -0.2) is 0 Å². The van der Waals surface area contributed by atoms with E-state index in [1.807, 2.05) is 0 Å². The molecule has 0 fully saturated rings. The molecule has 0 aromatic rings. The lowest BCUT2D eigenvalue weighted by atomic mass is 10.2. The zero-order chi connectivity index (χ0) is 16.3. The summed E-state index contributed by atoms with van der Waals surface area (Å²) in [5.74, 6) is -1.49. The van der Waals surface area contributed by atoms with E-state index < -0.39 is 11.9 Å². The van der Waals surface area contributed by atoms with Gasteiger partial charge in [-0.2, -0.15) is 0 Å². The minimum atomic E-state index is -0.450. The van der Waals surface area contributed by atoms with E-state index in [-0.39, 0.29) is 50.1 Å². The molecule has 0 saturated heterocycles. The number of hydrogen-bond acceptors (Lipinski definition) is 6. The smallest absolute Gasteiger partial charge is 0.306 e. The predicted octanol–water partition coefficient (Wildman–Crippen LogP) is -0.486. The first-order valence-corrected chi connectivity index (χ1v) is 6.58. The topological polar surface area (TPSA) is 111 Å². The molecule has 2 N–H and O–H groups in total. The standard InChI is InChI=1S/C13H22N2O6/c1-9(15-11(17)5-7-13(19)21-3)8-14-10(16)4-6-12(18)20-2/h9H,4-8H2,1-3H3,(H,14,16)(H,15,17). The van der Waals surface area contributed by atoms with E-state index in [4.69, 9.17) is 0 Å². The second kappa shape index (κ2) is 10.6. The first-order valence-electron chi connectivity index (χ1n) is 6.58. The summed E-state index contributed by atoms with van der Waals surface area (Å²) >= 11 is 0. The fraction of sp³-hybridized carbons (Fsp3) is 0.692. The van der Waals surface area contributed by atoms with Crippen molar-refractivity contribution in [3.05, 3.63) is 0 Å². The maximum atomic E-state index is 11.5. The molecule has 0 aliphatic rings. The Morgan fingerprint density at radius 3 is 1.81 bits per heavy atom. The molecule has 0 aromatic carbocycles. The summed E-state index contributed by atoms with van der Waals surface area (Å²) in [5.41, 5.74) is 0. The molecule has 8 nitrogen and oxygen atoms in total. The third-order valence-corrected chi connectivity index (χ3v) is 2.58. The second-order valence-electron chi connectivity index (χ2n) is 4.42. The number of rotatable bonds is 9. The Morgan fingerprint density at radius 1 is 0.857 bits per heavy atom. The van der Waals surface area contributed by atoms with E-state index in [0.29, 0.717) is 0 Å². The summed E-state index contributed by atoms with van der Waals surface area (Å²) in [5, 5.41) is 5.23. The molecule has 0 bridgehead atoms. The lowest BCUT2D eigenvalue weighted by molar-refractivity contribution is -0.142. The first-order chi connectivity index (χ1) is 9.88. The van der Waals surface area contributed by atoms with Crippen molar-refractivity contribution in [1.29, 1.82) is 0 Å². The highest BCUT2D eigenvalue weighted by atomic mass is 16.5. The predicted molar refractivity (Wildman–Crippen MR) is 73.1 cm³/mol. The SMILES string of the molecule is COC(=O)CCC(=O)NCC(C)NC(=O)CCC(=O)OC. The zero-order valence-electron chi connectivity index (χ0n) is 12.6. The van der Waals surface area contributed by atoms with Crippen molar-refractivity contribution >= 4 is 23.8 Å². The minimum Gasteiger partial charge on any atom is -0.469 e. The number of carbonyl (C=O) groups is 4. The average Bonchev–Trinajstić information content (AvgIpc) is 2.47. The van der Waals surface area contributed by atoms with E-state index in [1.165, 1.54) is 14.2 Å². The van der Waals surface area contributed by atoms with Crippen LogP contribution < -0.4 is 10.6 Å². The largest absolute Gasteiger partial charge is 0.469 e. The van der Waals surface area contributed by atoms with Crippen LogP contribution in [0.15, 0.2) is 0 Å². The first kappa shape index (κ1) is 18.9. The van der Waals surface area contributed by atoms with Crippen LogP contribution in [0, 0.1) is 0 Å². The van der Waals surface area contributed by atoms with Crippen LogP contribution in [0.4, 0.5) is 0 Å². The van der Waals surface area contributed by atoms with Crippen LogP contribution in [0.25, 0.3) is 0 Å². The molecule has 0 rings (SSSR count). The third kappa shape index (κ3) is 10.3. The van der Waals surface area contributed by atoms with Crippen LogP contribution in [0.2, 0.25) is 0 Å². The van der Waals surface area contributed by atoms with Gasteiger partial charge in [-0.3, -0.25) is 19.2 Å². The van der Waals surface area contributed by atoms with E-state index in [2.05, 4.69) is 20.1 Å². The monoisotopic (exact) mass is 302 g/mol. The Bertz CT molecular complexity index is 383. The lowest BCUT2D eigenvalue weighted by Crippen LogP contribution is -2.41. The van der Waals surface area contributed by atoms with Crippen molar-refractivity contribution < 1.29 is 28.7 Å². The highest BCUT2D eigenvalue weighted by molar-refractivity contribution is 5.82. The van der Waals surface area contributed by atoms with Gasteiger partial charge in [0.25, 0.3) is 0 Å². The molecule has 8 heteroatoms. The van der Waals surface area contributed by atoms with Crippen molar-refractivity contribution in [3.8, 4) is 0 Å². The third-order valence-electron chi connectivity index (χ3n) is 2.58. The van der Waals surface area contributed by atoms with Gasteiger partial charge in [-0.15, -0.1) is 0 Å². The highest BCUT2D eigenvalue weighted by Crippen LogP contribution is 1.94. The number of ether oxygens (including phenoxy) is 2. The molecule has 1 unspecified atom stereocenters. The lowest BCUT2D eigenvalue weighted by Gasteiger charge is -2.14. The fourth-order valence-electron chi connectivity index (χ4n) is 1.39.